The molecule has 0 aliphatic heterocycles. The van der Waals surface area contributed by atoms with Gasteiger partial charge in [0.05, 0.1) is 11.4 Å². The van der Waals surface area contributed by atoms with Crippen LogP contribution in [0, 0.1) is 0 Å². The molecule has 0 spiro atoms. The molecule has 0 heterocycles. The highest BCUT2D eigenvalue weighted by atomic mass is 15.1. The summed E-state index contributed by atoms with van der Waals surface area (Å²) < 4.78 is 0. The van der Waals surface area contributed by atoms with Crippen LogP contribution in [0.3, 0.4) is 0 Å². The zero-order valence-electron chi connectivity index (χ0n) is 27.9. The fraction of sp³-hybridized carbons (Fsp3) is 0.700. The molecule has 42 heavy (non-hydrogen) atoms. The van der Waals surface area contributed by atoms with Crippen molar-refractivity contribution < 1.29 is 0 Å². The van der Waals surface area contributed by atoms with Crippen molar-refractivity contribution in [1.29, 1.82) is 0 Å². The van der Waals surface area contributed by atoms with Crippen molar-refractivity contribution in [3.8, 4) is 0 Å². The van der Waals surface area contributed by atoms with Crippen LogP contribution in [-0.4, -0.2) is 0 Å². The lowest BCUT2D eigenvalue weighted by Crippen LogP contribution is -1.86. The SMILES string of the molecule is CCCCCCCCCCCCCCc1ccc(/N=N/c2ccc(CCCCCCCCCCCCCC)cc2)cc1. The second-order valence-electron chi connectivity index (χ2n) is 12.8. The minimum absolute atomic E-state index is 0.939. The molecule has 2 aromatic rings. The Bertz CT molecular complexity index is 794. The predicted octanol–water partition coefficient (Wildman–Crippen LogP) is 14.6. The minimum Gasteiger partial charge on any atom is -0.151 e. The molecule has 0 saturated heterocycles. The quantitative estimate of drug-likeness (QED) is 0.0713. The van der Waals surface area contributed by atoms with Crippen molar-refractivity contribution in [3.05, 3.63) is 59.7 Å². The van der Waals surface area contributed by atoms with E-state index in [2.05, 4.69) is 72.6 Å². The first kappa shape index (κ1) is 36.2. The van der Waals surface area contributed by atoms with Gasteiger partial charge < -0.3 is 0 Å². The second-order valence-corrected chi connectivity index (χ2v) is 12.8. The maximum Gasteiger partial charge on any atom is 0.0857 e. The van der Waals surface area contributed by atoms with E-state index in [0.717, 1.165) is 11.4 Å². The number of aryl methyl sites for hydroxylation is 2. The van der Waals surface area contributed by atoms with E-state index < -0.39 is 0 Å². The van der Waals surface area contributed by atoms with Crippen molar-refractivity contribution in [2.24, 2.45) is 10.2 Å². The lowest BCUT2D eigenvalue weighted by molar-refractivity contribution is 0.544. The number of hydrogen-bond acceptors (Lipinski definition) is 2. The molecule has 0 aliphatic carbocycles. The van der Waals surface area contributed by atoms with Gasteiger partial charge in [-0.2, -0.15) is 10.2 Å². The largest absolute Gasteiger partial charge is 0.151 e. The van der Waals surface area contributed by atoms with Crippen LogP contribution in [0.2, 0.25) is 0 Å². The summed E-state index contributed by atoms with van der Waals surface area (Å²) in [5, 5.41) is 8.95. The molecule has 2 heteroatoms. The zero-order valence-corrected chi connectivity index (χ0v) is 27.9. The first-order chi connectivity index (χ1) is 20.8. The van der Waals surface area contributed by atoms with Crippen LogP contribution >= 0.6 is 0 Å². The molecule has 0 amide bonds. The van der Waals surface area contributed by atoms with Crippen LogP contribution in [0.1, 0.15) is 179 Å². The lowest BCUT2D eigenvalue weighted by atomic mass is 10.0. The molecule has 236 valence electrons. The van der Waals surface area contributed by atoms with Crippen LogP contribution in [0.4, 0.5) is 11.4 Å². The first-order valence-electron chi connectivity index (χ1n) is 18.4. The summed E-state index contributed by atoms with van der Waals surface area (Å²) >= 11 is 0. The lowest BCUT2D eigenvalue weighted by Gasteiger charge is -2.04. The second kappa shape index (κ2) is 26.7. The molecule has 0 fully saturated rings. The number of azo groups is 1. The average molecular weight is 575 g/mol. The van der Waals surface area contributed by atoms with E-state index in [1.54, 1.807) is 0 Å². The molecule has 2 nitrogen and oxygen atoms in total. The Morgan fingerprint density at radius 1 is 0.310 bits per heavy atom. The highest BCUT2D eigenvalue weighted by molar-refractivity contribution is 5.42. The third kappa shape index (κ3) is 20.0. The summed E-state index contributed by atoms with van der Waals surface area (Å²) in [7, 11) is 0. The van der Waals surface area contributed by atoms with Crippen LogP contribution in [-0.2, 0) is 12.8 Å². The monoisotopic (exact) mass is 575 g/mol. The number of unbranched alkanes of at least 4 members (excludes halogenated alkanes) is 22. The van der Waals surface area contributed by atoms with E-state index in [-0.39, 0.29) is 0 Å². The molecule has 2 aromatic carbocycles. The molecule has 0 atom stereocenters. The van der Waals surface area contributed by atoms with Crippen LogP contribution < -0.4 is 0 Å². The molecule has 0 unspecified atom stereocenters. The van der Waals surface area contributed by atoms with Gasteiger partial charge in [-0.3, -0.25) is 0 Å². The summed E-state index contributed by atoms with van der Waals surface area (Å²) in [5.41, 5.74) is 4.72. The molecular formula is C40H66N2. The van der Waals surface area contributed by atoms with Gasteiger partial charge in [0.15, 0.2) is 0 Å². The number of hydrogen-bond donors (Lipinski definition) is 0. The van der Waals surface area contributed by atoms with E-state index in [0.29, 0.717) is 0 Å². The Morgan fingerprint density at radius 2 is 0.548 bits per heavy atom. The van der Waals surface area contributed by atoms with Crippen molar-refractivity contribution in [2.75, 3.05) is 0 Å². The van der Waals surface area contributed by atoms with E-state index in [1.165, 1.54) is 178 Å². The van der Waals surface area contributed by atoms with E-state index >= 15 is 0 Å². The molecule has 2 rings (SSSR count). The fourth-order valence-electron chi connectivity index (χ4n) is 5.91. The van der Waals surface area contributed by atoms with Gasteiger partial charge in [-0.15, -0.1) is 0 Å². The Kier molecular flexibility index (Phi) is 23.0. The Morgan fingerprint density at radius 3 is 0.810 bits per heavy atom. The Balaban J connectivity index is 1.48. The molecular weight excluding hydrogens is 508 g/mol. The van der Waals surface area contributed by atoms with Gasteiger partial charge >= 0.3 is 0 Å². The summed E-state index contributed by atoms with van der Waals surface area (Å²) in [5.74, 6) is 0. The Hall–Kier alpha value is -1.96. The maximum atomic E-state index is 4.47. The zero-order chi connectivity index (χ0) is 29.8. The molecule has 0 N–H and O–H groups in total. The number of rotatable bonds is 28. The maximum absolute atomic E-state index is 4.47. The minimum atomic E-state index is 0.939. The highest BCUT2D eigenvalue weighted by Crippen LogP contribution is 2.21. The van der Waals surface area contributed by atoms with E-state index in [1.807, 2.05) is 0 Å². The summed E-state index contributed by atoms with van der Waals surface area (Å²) in [6.45, 7) is 4.59. The summed E-state index contributed by atoms with van der Waals surface area (Å²) in [6, 6.07) is 17.4. The van der Waals surface area contributed by atoms with Crippen LogP contribution in [0.5, 0.6) is 0 Å². The third-order valence-corrected chi connectivity index (χ3v) is 8.79. The molecule has 0 aromatic heterocycles. The van der Waals surface area contributed by atoms with Crippen LogP contribution in [0.15, 0.2) is 58.8 Å². The van der Waals surface area contributed by atoms with Crippen molar-refractivity contribution in [3.63, 3.8) is 0 Å². The van der Waals surface area contributed by atoms with Gasteiger partial charge in [-0.25, -0.2) is 0 Å². The fourth-order valence-corrected chi connectivity index (χ4v) is 5.91. The van der Waals surface area contributed by atoms with Gasteiger partial charge in [-0.05, 0) is 61.1 Å². The van der Waals surface area contributed by atoms with Crippen LogP contribution in [0.25, 0.3) is 0 Å². The van der Waals surface area contributed by atoms with Gasteiger partial charge in [-0.1, -0.05) is 179 Å². The van der Waals surface area contributed by atoms with E-state index in [4.69, 9.17) is 0 Å². The normalized spacial score (nSPS) is 11.6. The molecule has 0 bridgehead atoms. The Labute approximate surface area is 261 Å². The smallest absolute Gasteiger partial charge is 0.0857 e. The van der Waals surface area contributed by atoms with Gasteiger partial charge in [0.2, 0.25) is 0 Å². The van der Waals surface area contributed by atoms with Crippen molar-refractivity contribution in [1.82, 2.24) is 0 Å². The third-order valence-electron chi connectivity index (χ3n) is 8.79. The van der Waals surface area contributed by atoms with Gasteiger partial charge in [0.1, 0.15) is 0 Å². The predicted molar refractivity (Wildman–Crippen MR) is 187 cm³/mol. The standard InChI is InChI=1S/C40H66N2/c1-3-5-7-9-11-13-15-17-19-21-23-25-27-37-29-33-39(34-30-37)41-42-40-35-31-38(32-36-40)28-26-24-22-20-18-16-14-12-10-8-6-4-2/h29-36H,3-28H2,1-2H3/b42-41+. The first-order valence-corrected chi connectivity index (χ1v) is 18.4. The number of nitrogens with zero attached hydrogens (tertiary/aromatic N) is 2. The van der Waals surface area contributed by atoms with Gasteiger partial charge in [0, 0.05) is 0 Å². The van der Waals surface area contributed by atoms with E-state index in [9.17, 15) is 0 Å². The number of benzene rings is 2. The average Bonchev–Trinajstić information content (AvgIpc) is 3.02. The summed E-state index contributed by atoms with van der Waals surface area (Å²) in [6.07, 6.45) is 36.1. The molecule has 0 saturated carbocycles. The van der Waals surface area contributed by atoms with Gasteiger partial charge in [0.25, 0.3) is 0 Å². The van der Waals surface area contributed by atoms with Crippen molar-refractivity contribution in [2.45, 2.75) is 181 Å². The summed E-state index contributed by atoms with van der Waals surface area (Å²) in [4.78, 5) is 0. The topological polar surface area (TPSA) is 24.7 Å². The highest BCUT2D eigenvalue weighted by Gasteiger charge is 1.99. The molecule has 0 radical (unpaired) electrons. The van der Waals surface area contributed by atoms with Crippen molar-refractivity contribution >= 4 is 11.4 Å². The molecule has 0 aliphatic rings.